The van der Waals surface area contributed by atoms with Gasteiger partial charge in [0.15, 0.2) is 0 Å². The molecule has 0 saturated heterocycles. The molecular weight excluding hydrogens is 278 g/mol. The van der Waals surface area contributed by atoms with E-state index in [1.165, 1.54) is 4.88 Å². The Bertz CT molecular complexity index is 448. The number of carbonyl (C=O) groups is 2. The Morgan fingerprint density at radius 2 is 2.15 bits per heavy atom. The van der Waals surface area contributed by atoms with Gasteiger partial charge < -0.3 is 15.7 Å². The number of thiazole rings is 1. The van der Waals surface area contributed by atoms with E-state index >= 15 is 0 Å². The van der Waals surface area contributed by atoms with E-state index in [4.69, 9.17) is 5.11 Å². The van der Waals surface area contributed by atoms with Crippen LogP contribution in [-0.4, -0.2) is 28.6 Å². The van der Waals surface area contributed by atoms with E-state index < -0.39 is 11.9 Å². The lowest BCUT2D eigenvalue weighted by atomic mass is 10.0. The molecule has 6 nitrogen and oxygen atoms in total. The predicted octanol–water partition coefficient (Wildman–Crippen LogP) is 2.01. The molecule has 0 spiro atoms. The zero-order chi connectivity index (χ0) is 15.0. The number of urea groups is 1. The number of aliphatic carboxylic acids is 1. The summed E-state index contributed by atoms with van der Waals surface area (Å²) in [6, 6.07) is -0.361. The maximum absolute atomic E-state index is 11.6. The summed E-state index contributed by atoms with van der Waals surface area (Å²) in [5, 5.41) is 15.1. The van der Waals surface area contributed by atoms with Crippen LogP contribution in [0.2, 0.25) is 0 Å². The van der Waals surface area contributed by atoms with Crippen molar-refractivity contribution in [2.45, 2.75) is 39.7 Å². The summed E-state index contributed by atoms with van der Waals surface area (Å²) < 4.78 is 0. The number of hydrogen-bond acceptors (Lipinski definition) is 4. The highest BCUT2D eigenvalue weighted by Crippen LogP contribution is 2.12. The lowest BCUT2D eigenvalue weighted by molar-refractivity contribution is -0.141. The normalized spacial score (nSPS) is 11.9. The van der Waals surface area contributed by atoms with Crippen molar-refractivity contribution >= 4 is 23.3 Å². The molecule has 1 aromatic rings. The summed E-state index contributed by atoms with van der Waals surface area (Å²) in [5.74, 6) is -1.41. The van der Waals surface area contributed by atoms with Gasteiger partial charge in [0, 0.05) is 17.6 Å². The molecule has 0 radical (unpaired) electrons. The van der Waals surface area contributed by atoms with E-state index in [1.54, 1.807) is 17.5 Å². The minimum atomic E-state index is -0.875. The zero-order valence-corrected chi connectivity index (χ0v) is 12.6. The molecule has 0 saturated carbocycles. The molecule has 0 bridgehead atoms. The van der Waals surface area contributed by atoms with Gasteiger partial charge >= 0.3 is 12.0 Å². The number of hydrogen-bond donors (Lipinski definition) is 3. The van der Waals surface area contributed by atoms with E-state index in [-0.39, 0.29) is 12.6 Å². The van der Waals surface area contributed by atoms with Crippen LogP contribution >= 0.6 is 11.3 Å². The van der Waals surface area contributed by atoms with Crippen LogP contribution in [0.25, 0.3) is 0 Å². The van der Waals surface area contributed by atoms with Gasteiger partial charge in [-0.15, -0.1) is 11.3 Å². The first-order chi connectivity index (χ1) is 9.56. The third kappa shape index (κ3) is 5.56. The van der Waals surface area contributed by atoms with Gasteiger partial charge in [-0.05, 0) is 12.8 Å². The minimum absolute atomic E-state index is 0.146. The van der Waals surface area contributed by atoms with Crippen LogP contribution in [0, 0.1) is 5.92 Å². The molecule has 7 heteroatoms. The number of nitrogens with one attached hydrogen (secondary N) is 2. The second-order valence-corrected chi connectivity index (χ2v) is 5.66. The van der Waals surface area contributed by atoms with E-state index in [1.807, 2.05) is 6.92 Å². The SMILES string of the molecule is CCCC(CNC(=O)NCc1ncc(CC)s1)C(=O)O. The number of amides is 2. The number of carbonyl (C=O) groups excluding carboxylic acids is 1. The third-order valence-electron chi connectivity index (χ3n) is 2.85. The van der Waals surface area contributed by atoms with Gasteiger partial charge in [-0.1, -0.05) is 20.3 Å². The predicted molar refractivity (Wildman–Crippen MR) is 77.8 cm³/mol. The monoisotopic (exact) mass is 299 g/mol. The molecule has 1 aromatic heterocycles. The molecular formula is C13H21N3O3S. The highest BCUT2D eigenvalue weighted by atomic mass is 32.1. The van der Waals surface area contributed by atoms with Crippen LogP contribution in [0.1, 0.15) is 36.6 Å². The molecule has 112 valence electrons. The van der Waals surface area contributed by atoms with Gasteiger partial charge in [-0.3, -0.25) is 4.79 Å². The number of aryl methyl sites for hydroxylation is 1. The van der Waals surface area contributed by atoms with E-state index in [0.717, 1.165) is 17.8 Å². The standard InChI is InChI=1S/C13H21N3O3S/c1-3-5-9(12(17)18)6-15-13(19)16-8-11-14-7-10(4-2)20-11/h7,9H,3-6,8H2,1-2H3,(H,17,18)(H2,15,16,19). The number of carboxylic acid groups (broad SMARTS) is 1. The number of carboxylic acids is 1. The Morgan fingerprint density at radius 3 is 2.70 bits per heavy atom. The third-order valence-corrected chi connectivity index (χ3v) is 3.99. The van der Waals surface area contributed by atoms with Gasteiger partial charge in [0.2, 0.25) is 0 Å². The first-order valence-electron chi connectivity index (χ1n) is 6.74. The summed E-state index contributed by atoms with van der Waals surface area (Å²) in [6.45, 7) is 4.48. The average Bonchev–Trinajstić information content (AvgIpc) is 2.88. The zero-order valence-electron chi connectivity index (χ0n) is 11.8. The Hall–Kier alpha value is -1.63. The molecule has 0 aromatic carbocycles. The lowest BCUT2D eigenvalue weighted by Crippen LogP contribution is -2.39. The van der Waals surface area contributed by atoms with Crippen LogP contribution in [0.15, 0.2) is 6.20 Å². The highest BCUT2D eigenvalue weighted by Gasteiger charge is 2.17. The molecule has 2 amide bonds. The molecule has 1 atom stereocenters. The Labute approximate surface area is 122 Å². The summed E-state index contributed by atoms with van der Waals surface area (Å²) in [6.07, 6.45) is 4.07. The lowest BCUT2D eigenvalue weighted by Gasteiger charge is -2.12. The molecule has 1 heterocycles. The van der Waals surface area contributed by atoms with Crippen LogP contribution in [0.3, 0.4) is 0 Å². The molecule has 20 heavy (non-hydrogen) atoms. The van der Waals surface area contributed by atoms with Crippen LogP contribution in [0.5, 0.6) is 0 Å². The van der Waals surface area contributed by atoms with Crippen molar-refractivity contribution in [2.24, 2.45) is 5.92 Å². The number of aromatic nitrogens is 1. The van der Waals surface area contributed by atoms with Crippen LogP contribution < -0.4 is 10.6 Å². The van der Waals surface area contributed by atoms with E-state index in [9.17, 15) is 9.59 Å². The van der Waals surface area contributed by atoms with E-state index in [2.05, 4.69) is 22.5 Å². The number of nitrogens with zero attached hydrogens (tertiary/aromatic N) is 1. The summed E-state index contributed by atoms with van der Waals surface area (Å²) >= 11 is 1.56. The van der Waals surface area contributed by atoms with Crippen molar-refractivity contribution in [2.75, 3.05) is 6.54 Å². The maximum Gasteiger partial charge on any atom is 0.315 e. The fourth-order valence-electron chi connectivity index (χ4n) is 1.69. The van der Waals surface area contributed by atoms with Gasteiger partial charge in [0.1, 0.15) is 5.01 Å². The van der Waals surface area contributed by atoms with Gasteiger partial charge in [-0.25, -0.2) is 9.78 Å². The Kier molecular flexibility index (Phi) is 7.00. The smallest absolute Gasteiger partial charge is 0.315 e. The van der Waals surface area contributed by atoms with Crippen LogP contribution in [0.4, 0.5) is 4.79 Å². The summed E-state index contributed by atoms with van der Waals surface area (Å²) in [7, 11) is 0. The van der Waals surface area contributed by atoms with Crippen molar-refractivity contribution in [1.29, 1.82) is 0 Å². The Balaban J connectivity index is 2.30. The van der Waals surface area contributed by atoms with Crippen molar-refractivity contribution < 1.29 is 14.7 Å². The average molecular weight is 299 g/mol. The topological polar surface area (TPSA) is 91.3 Å². The number of rotatable bonds is 8. The van der Waals surface area contributed by atoms with Crippen molar-refractivity contribution in [3.05, 3.63) is 16.1 Å². The van der Waals surface area contributed by atoms with Gasteiger partial charge in [0.25, 0.3) is 0 Å². The largest absolute Gasteiger partial charge is 0.481 e. The van der Waals surface area contributed by atoms with Crippen LogP contribution in [-0.2, 0) is 17.8 Å². The van der Waals surface area contributed by atoms with E-state index in [0.29, 0.717) is 13.0 Å². The first kappa shape index (κ1) is 16.4. The molecule has 1 unspecified atom stereocenters. The Morgan fingerprint density at radius 1 is 1.40 bits per heavy atom. The molecule has 0 fully saturated rings. The van der Waals surface area contributed by atoms with Crippen molar-refractivity contribution in [3.63, 3.8) is 0 Å². The molecule has 1 rings (SSSR count). The molecule has 0 aliphatic rings. The fourth-order valence-corrected chi connectivity index (χ4v) is 2.49. The molecule has 0 aliphatic heterocycles. The second-order valence-electron chi connectivity index (χ2n) is 4.46. The highest BCUT2D eigenvalue weighted by molar-refractivity contribution is 7.11. The first-order valence-corrected chi connectivity index (χ1v) is 7.56. The molecule has 3 N–H and O–H groups in total. The quantitative estimate of drug-likeness (QED) is 0.684. The second kappa shape index (κ2) is 8.52. The molecule has 0 aliphatic carbocycles. The fraction of sp³-hybridized carbons (Fsp3) is 0.615. The summed E-state index contributed by atoms with van der Waals surface area (Å²) in [4.78, 5) is 27.9. The van der Waals surface area contributed by atoms with Crippen molar-refractivity contribution in [1.82, 2.24) is 15.6 Å². The van der Waals surface area contributed by atoms with Gasteiger partial charge in [-0.2, -0.15) is 0 Å². The summed E-state index contributed by atoms with van der Waals surface area (Å²) in [5.41, 5.74) is 0. The van der Waals surface area contributed by atoms with Crippen molar-refractivity contribution in [3.8, 4) is 0 Å². The maximum atomic E-state index is 11.6. The van der Waals surface area contributed by atoms with Gasteiger partial charge in [0.05, 0.1) is 12.5 Å². The minimum Gasteiger partial charge on any atom is -0.481 e.